The lowest BCUT2D eigenvalue weighted by atomic mass is 9.88. The maximum atomic E-state index is 9.21. The first kappa shape index (κ1) is 14.2. The molecule has 3 heteroatoms. The second kappa shape index (κ2) is 6.83. The smallest absolute Gasteiger partial charge is 0.101 e. The van der Waals surface area contributed by atoms with Gasteiger partial charge in [0.1, 0.15) is 6.07 Å². The van der Waals surface area contributed by atoms with Crippen molar-refractivity contribution in [2.24, 2.45) is 5.73 Å². The average molecular weight is 265 g/mol. The van der Waals surface area contributed by atoms with Gasteiger partial charge in [0.15, 0.2) is 0 Å². The lowest BCUT2D eigenvalue weighted by Crippen LogP contribution is -2.11. The zero-order valence-corrected chi connectivity index (χ0v) is 11.7. The maximum Gasteiger partial charge on any atom is 0.101 e. The van der Waals surface area contributed by atoms with Crippen LogP contribution in [0.2, 0.25) is 0 Å². The van der Waals surface area contributed by atoms with E-state index in [1.54, 1.807) is 6.20 Å². The molecular weight excluding hydrogens is 246 g/mol. The van der Waals surface area contributed by atoms with E-state index < -0.39 is 0 Å². The summed E-state index contributed by atoms with van der Waals surface area (Å²) in [5.41, 5.74) is 9.68. The van der Waals surface area contributed by atoms with Gasteiger partial charge in [-0.15, -0.1) is 0 Å². The fourth-order valence-corrected chi connectivity index (χ4v) is 2.46. The Hall–Kier alpha value is -2.18. The molecule has 0 fully saturated rings. The summed E-state index contributed by atoms with van der Waals surface area (Å²) in [6.45, 7) is 2.59. The molecule has 0 bridgehead atoms. The Labute approximate surface area is 120 Å². The summed E-state index contributed by atoms with van der Waals surface area (Å²) >= 11 is 0. The SMILES string of the molecule is Cc1cc(CC(CCN)c2ccccc2)c(C#N)cn1. The van der Waals surface area contributed by atoms with Gasteiger partial charge in [-0.1, -0.05) is 30.3 Å². The van der Waals surface area contributed by atoms with Gasteiger partial charge >= 0.3 is 0 Å². The molecule has 0 saturated heterocycles. The number of nitriles is 1. The number of nitrogens with zero attached hydrogens (tertiary/aromatic N) is 2. The highest BCUT2D eigenvalue weighted by atomic mass is 14.7. The van der Waals surface area contributed by atoms with E-state index in [0.29, 0.717) is 18.0 Å². The third-order valence-corrected chi connectivity index (χ3v) is 3.50. The fourth-order valence-electron chi connectivity index (χ4n) is 2.46. The van der Waals surface area contributed by atoms with Crippen molar-refractivity contribution in [2.75, 3.05) is 6.54 Å². The molecule has 0 saturated carbocycles. The van der Waals surface area contributed by atoms with E-state index in [1.165, 1.54) is 5.56 Å². The molecule has 0 aliphatic heterocycles. The van der Waals surface area contributed by atoms with Gasteiger partial charge in [0.25, 0.3) is 0 Å². The van der Waals surface area contributed by atoms with Crippen LogP contribution in [0, 0.1) is 18.3 Å². The molecule has 1 aromatic heterocycles. The predicted octanol–water partition coefficient (Wildman–Crippen LogP) is 2.94. The van der Waals surface area contributed by atoms with Gasteiger partial charge in [-0.05, 0) is 49.4 Å². The van der Waals surface area contributed by atoms with Gasteiger partial charge in [-0.25, -0.2) is 0 Å². The molecule has 0 aliphatic carbocycles. The van der Waals surface area contributed by atoms with Crippen molar-refractivity contribution >= 4 is 0 Å². The minimum atomic E-state index is 0.343. The van der Waals surface area contributed by atoms with E-state index in [1.807, 2.05) is 31.2 Å². The molecule has 2 aromatic rings. The van der Waals surface area contributed by atoms with E-state index in [4.69, 9.17) is 5.73 Å². The summed E-state index contributed by atoms with van der Waals surface area (Å²) in [6, 6.07) is 14.6. The number of aromatic nitrogens is 1. The zero-order valence-electron chi connectivity index (χ0n) is 11.7. The number of pyridine rings is 1. The van der Waals surface area contributed by atoms with Crippen molar-refractivity contribution in [3.8, 4) is 6.07 Å². The molecule has 102 valence electrons. The lowest BCUT2D eigenvalue weighted by molar-refractivity contribution is 0.628. The van der Waals surface area contributed by atoms with Crippen LogP contribution in [0.5, 0.6) is 0 Å². The monoisotopic (exact) mass is 265 g/mol. The zero-order chi connectivity index (χ0) is 14.4. The van der Waals surface area contributed by atoms with E-state index in [0.717, 1.165) is 24.1 Å². The Bertz CT molecular complexity index is 599. The first-order chi connectivity index (χ1) is 9.74. The molecular formula is C17H19N3. The van der Waals surface area contributed by atoms with Gasteiger partial charge < -0.3 is 5.73 Å². The van der Waals surface area contributed by atoms with Crippen LogP contribution in [0.3, 0.4) is 0 Å². The average Bonchev–Trinajstić information content (AvgIpc) is 2.48. The van der Waals surface area contributed by atoms with Crippen molar-refractivity contribution in [2.45, 2.75) is 25.7 Å². The van der Waals surface area contributed by atoms with Crippen LogP contribution in [0.15, 0.2) is 42.6 Å². The highest BCUT2D eigenvalue weighted by Crippen LogP contribution is 2.25. The molecule has 3 nitrogen and oxygen atoms in total. The predicted molar refractivity (Wildman–Crippen MR) is 80.2 cm³/mol. The van der Waals surface area contributed by atoms with Crippen molar-refractivity contribution in [1.29, 1.82) is 5.26 Å². The lowest BCUT2D eigenvalue weighted by Gasteiger charge is -2.17. The normalized spacial score (nSPS) is 11.8. The quantitative estimate of drug-likeness (QED) is 0.904. The molecule has 1 atom stereocenters. The minimum Gasteiger partial charge on any atom is -0.330 e. The number of nitrogens with two attached hydrogens (primary N) is 1. The first-order valence-electron chi connectivity index (χ1n) is 6.85. The molecule has 2 N–H and O–H groups in total. The summed E-state index contributed by atoms with van der Waals surface area (Å²) in [6.07, 6.45) is 3.40. The Morgan fingerprint density at radius 1 is 1.30 bits per heavy atom. The first-order valence-corrected chi connectivity index (χ1v) is 6.85. The second-order valence-electron chi connectivity index (χ2n) is 4.98. The minimum absolute atomic E-state index is 0.343. The van der Waals surface area contributed by atoms with Gasteiger partial charge in [0.05, 0.1) is 5.56 Å². The molecule has 0 radical (unpaired) electrons. The van der Waals surface area contributed by atoms with Gasteiger partial charge in [0, 0.05) is 11.9 Å². The number of benzene rings is 1. The molecule has 20 heavy (non-hydrogen) atoms. The van der Waals surface area contributed by atoms with Crippen LogP contribution in [0.25, 0.3) is 0 Å². The molecule has 1 unspecified atom stereocenters. The molecule has 0 spiro atoms. The van der Waals surface area contributed by atoms with E-state index in [-0.39, 0.29) is 0 Å². The highest BCUT2D eigenvalue weighted by molar-refractivity contribution is 5.38. The largest absolute Gasteiger partial charge is 0.330 e. The Balaban J connectivity index is 2.29. The molecule has 1 heterocycles. The van der Waals surface area contributed by atoms with Crippen LogP contribution in [0.4, 0.5) is 0 Å². The summed E-state index contributed by atoms with van der Waals surface area (Å²) in [4.78, 5) is 4.19. The van der Waals surface area contributed by atoms with Crippen molar-refractivity contribution < 1.29 is 0 Å². The third-order valence-electron chi connectivity index (χ3n) is 3.50. The Kier molecular flexibility index (Phi) is 4.86. The van der Waals surface area contributed by atoms with Gasteiger partial charge in [-0.2, -0.15) is 5.26 Å². The second-order valence-corrected chi connectivity index (χ2v) is 4.98. The summed E-state index contributed by atoms with van der Waals surface area (Å²) in [5.74, 6) is 0.343. The number of hydrogen-bond donors (Lipinski definition) is 1. The fraction of sp³-hybridized carbons (Fsp3) is 0.294. The third kappa shape index (κ3) is 3.43. The topological polar surface area (TPSA) is 62.7 Å². The van der Waals surface area contributed by atoms with E-state index in [2.05, 4.69) is 23.2 Å². The molecule has 1 aromatic carbocycles. The maximum absolute atomic E-state index is 9.21. The van der Waals surface area contributed by atoms with Crippen LogP contribution in [0.1, 0.15) is 34.7 Å². The molecule has 0 aliphatic rings. The number of hydrogen-bond acceptors (Lipinski definition) is 3. The number of aryl methyl sites for hydroxylation is 1. The molecule has 0 amide bonds. The Morgan fingerprint density at radius 3 is 2.70 bits per heavy atom. The van der Waals surface area contributed by atoms with Crippen LogP contribution < -0.4 is 5.73 Å². The van der Waals surface area contributed by atoms with Crippen LogP contribution >= 0.6 is 0 Å². The van der Waals surface area contributed by atoms with Gasteiger partial charge in [0.2, 0.25) is 0 Å². The Morgan fingerprint density at radius 2 is 2.05 bits per heavy atom. The van der Waals surface area contributed by atoms with Crippen LogP contribution in [-0.4, -0.2) is 11.5 Å². The standard InChI is InChI=1S/C17H19N3/c1-13-9-16(17(11-19)12-20-13)10-15(7-8-18)14-5-3-2-4-6-14/h2-6,9,12,15H,7-8,10,18H2,1H3. The van der Waals surface area contributed by atoms with Crippen molar-refractivity contribution in [3.05, 3.63) is 65.0 Å². The van der Waals surface area contributed by atoms with Crippen molar-refractivity contribution in [3.63, 3.8) is 0 Å². The van der Waals surface area contributed by atoms with Crippen molar-refractivity contribution in [1.82, 2.24) is 4.98 Å². The summed E-state index contributed by atoms with van der Waals surface area (Å²) in [5, 5.41) is 9.21. The summed E-state index contributed by atoms with van der Waals surface area (Å²) in [7, 11) is 0. The molecule has 2 rings (SSSR count). The van der Waals surface area contributed by atoms with E-state index in [9.17, 15) is 5.26 Å². The van der Waals surface area contributed by atoms with Crippen LogP contribution in [-0.2, 0) is 6.42 Å². The number of rotatable bonds is 5. The van der Waals surface area contributed by atoms with E-state index >= 15 is 0 Å². The van der Waals surface area contributed by atoms with Gasteiger partial charge in [-0.3, -0.25) is 4.98 Å². The highest BCUT2D eigenvalue weighted by Gasteiger charge is 2.14. The summed E-state index contributed by atoms with van der Waals surface area (Å²) < 4.78 is 0.